The van der Waals surface area contributed by atoms with Crippen molar-refractivity contribution in [1.82, 2.24) is 20.1 Å². The van der Waals surface area contributed by atoms with E-state index >= 15 is 0 Å². The third-order valence-electron chi connectivity index (χ3n) is 4.91. The molecule has 162 valence electrons. The summed E-state index contributed by atoms with van der Waals surface area (Å²) >= 11 is 1.25. The van der Waals surface area contributed by atoms with Crippen LogP contribution < -0.4 is 10.6 Å². The van der Waals surface area contributed by atoms with Crippen molar-refractivity contribution in [1.29, 1.82) is 0 Å². The number of carbonyl (C=O) groups excluding carboxylic acids is 2. The second-order valence-electron chi connectivity index (χ2n) is 7.07. The van der Waals surface area contributed by atoms with Crippen molar-refractivity contribution >= 4 is 34.0 Å². The standard InChI is InChI=1S/C21H22FN5O3S/c22-16-5-1-2-6-17(16)24-21-25-18(14-31-21)20(29)27-9-7-26(8-10-27)13-19(28)23-12-15-4-3-11-30-15/h1-6,11,14H,7-10,12-13H2,(H,23,28)(H,24,25). The molecule has 3 aromatic rings. The van der Waals surface area contributed by atoms with Gasteiger partial charge in [0.05, 0.1) is 25.0 Å². The van der Waals surface area contributed by atoms with Crippen LogP contribution in [0.5, 0.6) is 0 Å². The van der Waals surface area contributed by atoms with Crippen LogP contribution in [0.2, 0.25) is 0 Å². The Morgan fingerprint density at radius 2 is 1.94 bits per heavy atom. The van der Waals surface area contributed by atoms with Gasteiger partial charge in [-0.1, -0.05) is 12.1 Å². The van der Waals surface area contributed by atoms with Crippen molar-refractivity contribution in [3.63, 3.8) is 0 Å². The molecule has 1 fully saturated rings. The van der Waals surface area contributed by atoms with E-state index in [9.17, 15) is 14.0 Å². The predicted octanol–water partition coefficient (Wildman–Crippen LogP) is 2.69. The van der Waals surface area contributed by atoms with Gasteiger partial charge in [0.15, 0.2) is 5.13 Å². The first-order valence-electron chi connectivity index (χ1n) is 9.86. The first kappa shape index (κ1) is 21.0. The van der Waals surface area contributed by atoms with Crippen LogP contribution in [0, 0.1) is 5.82 Å². The fraction of sp³-hybridized carbons (Fsp3) is 0.286. The van der Waals surface area contributed by atoms with Gasteiger partial charge in [-0.15, -0.1) is 11.3 Å². The molecule has 4 rings (SSSR count). The van der Waals surface area contributed by atoms with Gasteiger partial charge in [-0.05, 0) is 24.3 Å². The minimum Gasteiger partial charge on any atom is -0.467 e. The lowest BCUT2D eigenvalue weighted by Crippen LogP contribution is -2.51. The van der Waals surface area contributed by atoms with Crippen molar-refractivity contribution in [3.05, 3.63) is 65.3 Å². The number of nitrogens with zero attached hydrogens (tertiary/aromatic N) is 3. The Balaban J connectivity index is 1.24. The summed E-state index contributed by atoms with van der Waals surface area (Å²) in [5.41, 5.74) is 0.642. The van der Waals surface area contributed by atoms with Gasteiger partial charge in [0.2, 0.25) is 5.91 Å². The number of thiazole rings is 1. The molecule has 0 radical (unpaired) electrons. The second kappa shape index (κ2) is 9.71. The molecule has 1 saturated heterocycles. The zero-order chi connectivity index (χ0) is 21.6. The van der Waals surface area contributed by atoms with Crippen LogP contribution in [-0.4, -0.2) is 59.3 Å². The zero-order valence-electron chi connectivity index (χ0n) is 16.7. The third-order valence-corrected chi connectivity index (χ3v) is 5.66. The molecule has 1 aliphatic rings. The lowest BCUT2D eigenvalue weighted by Gasteiger charge is -2.33. The summed E-state index contributed by atoms with van der Waals surface area (Å²) in [6, 6.07) is 9.89. The number of piperazine rings is 1. The van der Waals surface area contributed by atoms with Crippen LogP contribution in [0.1, 0.15) is 16.2 Å². The van der Waals surface area contributed by atoms with Gasteiger partial charge in [0, 0.05) is 31.6 Å². The van der Waals surface area contributed by atoms with E-state index < -0.39 is 0 Å². The summed E-state index contributed by atoms with van der Waals surface area (Å²) in [6.07, 6.45) is 1.57. The van der Waals surface area contributed by atoms with E-state index in [1.54, 1.807) is 46.9 Å². The molecular weight excluding hydrogens is 421 g/mol. The average Bonchev–Trinajstić information content (AvgIpc) is 3.46. The highest BCUT2D eigenvalue weighted by molar-refractivity contribution is 7.14. The van der Waals surface area contributed by atoms with Gasteiger partial charge in [0.1, 0.15) is 17.3 Å². The second-order valence-corrected chi connectivity index (χ2v) is 7.93. The number of hydrogen-bond acceptors (Lipinski definition) is 7. The number of halogens is 1. The van der Waals surface area contributed by atoms with Crippen LogP contribution in [0.25, 0.3) is 0 Å². The molecule has 0 aliphatic carbocycles. The van der Waals surface area contributed by atoms with Crippen molar-refractivity contribution in [2.75, 3.05) is 38.0 Å². The van der Waals surface area contributed by atoms with Crippen molar-refractivity contribution in [2.24, 2.45) is 0 Å². The summed E-state index contributed by atoms with van der Waals surface area (Å²) in [5.74, 6) is 0.0741. The number of carbonyl (C=O) groups is 2. The maximum Gasteiger partial charge on any atom is 0.273 e. The zero-order valence-corrected chi connectivity index (χ0v) is 17.5. The number of benzene rings is 1. The van der Waals surface area contributed by atoms with Gasteiger partial charge in [-0.3, -0.25) is 14.5 Å². The first-order chi connectivity index (χ1) is 15.1. The molecule has 2 N–H and O–H groups in total. The number of para-hydroxylation sites is 1. The van der Waals surface area contributed by atoms with E-state index in [1.807, 2.05) is 4.90 Å². The molecule has 0 atom stereocenters. The van der Waals surface area contributed by atoms with E-state index in [1.165, 1.54) is 17.4 Å². The fourth-order valence-electron chi connectivity index (χ4n) is 3.24. The van der Waals surface area contributed by atoms with Crippen molar-refractivity contribution in [3.8, 4) is 0 Å². The number of anilines is 2. The van der Waals surface area contributed by atoms with Gasteiger partial charge in [-0.25, -0.2) is 9.37 Å². The number of hydrogen-bond donors (Lipinski definition) is 2. The normalized spacial score (nSPS) is 14.4. The molecule has 0 bridgehead atoms. The number of nitrogens with one attached hydrogen (secondary N) is 2. The monoisotopic (exact) mass is 443 g/mol. The Kier molecular flexibility index (Phi) is 6.58. The summed E-state index contributed by atoms with van der Waals surface area (Å²) in [6.45, 7) is 2.86. The molecule has 2 amide bonds. The molecule has 8 nitrogen and oxygen atoms in total. The third kappa shape index (κ3) is 5.47. The van der Waals surface area contributed by atoms with Gasteiger partial charge >= 0.3 is 0 Å². The predicted molar refractivity (Wildman–Crippen MR) is 115 cm³/mol. The smallest absolute Gasteiger partial charge is 0.273 e. The fourth-order valence-corrected chi connectivity index (χ4v) is 3.93. The highest BCUT2D eigenvalue weighted by Gasteiger charge is 2.25. The number of rotatable bonds is 7. The Labute approximate surface area is 182 Å². The van der Waals surface area contributed by atoms with E-state index in [2.05, 4.69) is 15.6 Å². The molecule has 1 aromatic carbocycles. The van der Waals surface area contributed by atoms with E-state index in [0.717, 1.165) is 0 Å². The summed E-state index contributed by atoms with van der Waals surface area (Å²) in [5, 5.41) is 7.85. The molecule has 0 spiro atoms. The number of furan rings is 1. The molecule has 0 saturated carbocycles. The topological polar surface area (TPSA) is 90.7 Å². The lowest BCUT2D eigenvalue weighted by atomic mass is 10.3. The van der Waals surface area contributed by atoms with Crippen LogP contribution in [0.15, 0.2) is 52.5 Å². The quantitative estimate of drug-likeness (QED) is 0.584. The molecule has 10 heteroatoms. The largest absolute Gasteiger partial charge is 0.467 e. The minimum atomic E-state index is -0.380. The van der Waals surface area contributed by atoms with Crippen LogP contribution >= 0.6 is 11.3 Å². The number of amides is 2. The SMILES string of the molecule is O=C(CN1CCN(C(=O)c2csc(Nc3ccccc3F)n2)CC1)NCc1ccco1. The Hall–Kier alpha value is -3.24. The van der Waals surface area contributed by atoms with Crippen LogP contribution in [0.4, 0.5) is 15.2 Å². The van der Waals surface area contributed by atoms with Crippen molar-refractivity contribution in [2.45, 2.75) is 6.54 Å². The average molecular weight is 444 g/mol. The molecule has 31 heavy (non-hydrogen) atoms. The Bertz CT molecular complexity index is 1030. The van der Waals surface area contributed by atoms with Crippen LogP contribution in [-0.2, 0) is 11.3 Å². The molecular formula is C21H22FN5O3S. The first-order valence-corrected chi connectivity index (χ1v) is 10.7. The summed E-state index contributed by atoms with van der Waals surface area (Å²) in [7, 11) is 0. The minimum absolute atomic E-state index is 0.0838. The number of aromatic nitrogens is 1. The van der Waals surface area contributed by atoms with Gasteiger partial charge in [-0.2, -0.15) is 0 Å². The van der Waals surface area contributed by atoms with Crippen molar-refractivity contribution < 1.29 is 18.4 Å². The molecule has 3 heterocycles. The highest BCUT2D eigenvalue weighted by Crippen LogP contribution is 2.23. The van der Waals surface area contributed by atoms with Gasteiger partial charge in [0.25, 0.3) is 5.91 Å². The van der Waals surface area contributed by atoms with Crippen LogP contribution in [0.3, 0.4) is 0 Å². The lowest BCUT2D eigenvalue weighted by molar-refractivity contribution is -0.122. The highest BCUT2D eigenvalue weighted by atomic mass is 32.1. The Morgan fingerprint density at radius 3 is 2.68 bits per heavy atom. The maximum atomic E-state index is 13.8. The van der Waals surface area contributed by atoms with E-state index in [0.29, 0.717) is 55.0 Å². The maximum absolute atomic E-state index is 13.8. The van der Waals surface area contributed by atoms with E-state index in [-0.39, 0.29) is 24.2 Å². The molecule has 2 aromatic heterocycles. The van der Waals surface area contributed by atoms with E-state index in [4.69, 9.17) is 4.42 Å². The molecule has 1 aliphatic heterocycles. The summed E-state index contributed by atoms with van der Waals surface area (Å²) < 4.78 is 19.0. The van der Waals surface area contributed by atoms with Gasteiger partial charge < -0.3 is 20.0 Å². The molecule has 0 unspecified atom stereocenters. The summed E-state index contributed by atoms with van der Waals surface area (Å²) in [4.78, 5) is 32.9. The Morgan fingerprint density at radius 1 is 1.13 bits per heavy atom.